The van der Waals surface area contributed by atoms with E-state index in [9.17, 15) is 0 Å². The summed E-state index contributed by atoms with van der Waals surface area (Å²) in [5.74, 6) is 0. The van der Waals surface area contributed by atoms with E-state index in [0.717, 1.165) is 24.2 Å². The van der Waals surface area contributed by atoms with Crippen LogP contribution in [-0.4, -0.2) is 6.21 Å². The summed E-state index contributed by atoms with van der Waals surface area (Å²) in [5, 5.41) is 3.55. The van der Waals surface area contributed by atoms with Crippen LogP contribution >= 0.6 is 0 Å². The number of hydrogen-bond donors (Lipinski definition) is 1. The minimum Gasteiger partial charge on any atom is -0.359 e. The molecule has 0 spiro atoms. The fourth-order valence-electron chi connectivity index (χ4n) is 3.08. The number of benzene rings is 2. The van der Waals surface area contributed by atoms with Gasteiger partial charge in [-0.15, -0.1) is 0 Å². The third kappa shape index (κ3) is 4.69. The van der Waals surface area contributed by atoms with Crippen molar-refractivity contribution < 1.29 is 0 Å². The van der Waals surface area contributed by atoms with Crippen molar-refractivity contribution in [1.29, 1.82) is 0 Å². The van der Waals surface area contributed by atoms with Crippen molar-refractivity contribution in [2.24, 2.45) is 10.4 Å². The van der Waals surface area contributed by atoms with Gasteiger partial charge in [-0.1, -0.05) is 50.2 Å². The predicted octanol–water partition coefficient (Wildman–Crippen LogP) is 6.13. The minimum absolute atomic E-state index is 0.248. The van der Waals surface area contributed by atoms with Crippen LogP contribution in [-0.2, 0) is 0 Å². The first-order valence-corrected chi connectivity index (χ1v) is 8.42. The molecule has 3 rings (SSSR count). The summed E-state index contributed by atoms with van der Waals surface area (Å²) in [4.78, 5) is 4.51. The first-order valence-electron chi connectivity index (χ1n) is 8.42. The number of anilines is 1. The SMILES string of the molecule is CC1(C)CC(=CC=Nc2ccccc2)C=C(Nc2ccccc2)C1. The molecule has 0 bridgehead atoms. The highest BCUT2D eigenvalue weighted by molar-refractivity contribution is 5.76. The summed E-state index contributed by atoms with van der Waals surface area (Å²) in [6, 6.07) is 20.4. The van der Waals surface area contributed by atoms with Gasteiger partial charge in [-0.3, -0.25) is 4.99 Å². The molecule has 0 aliphatic heterocycles. The standard InChI is InChI=1S/C22H24N2/c1-22(2)16-18(13-14-23-19-9-5-3-6-10-19)15-21(17-22)24-20-11-7-4-8-12-20/h3-15,24H,16-17H2,1-2H3. The maximum absolute atomic E-state index is 4.51. The summed E-state index contributed by atoms with van der Waals surface area (Å²) in [6.45, 7) is 4.63. The normalized spacial score (nSPS) is 18.6. The van der Waals surface area contributed by atoms with E-state index >= 15 is 0 Å². The lowest BCUT2D eigenvalue weighted by Gasteiger charge is -2.31. The monoisotopic (exact) mass is 316 g/mol. The van der Waals surface area contributed by atoms with Gasteiger partial charge in [-0.2, -0.15) is 0 Å². The molecule has 2 aromatic rings. The summed E-state index contributed by atoms with van der Waals surface area (Å²) < 4.78 is 0. The van der Waals surface area contributed by atoms with Crippen LogP contribution in [0, 0.1) is 5.41 Å². The number of nitrogens with zero attached hydrogens (tertiary/aromatic N) is 1. The molecule has 0 heterocycles. The van der Waals surface area contributed by atoms with Crippen molar-refractivity contribution in [3.8, 4) is 0 Å². The van der Waals surface area contributed by atoms with Crippen molar-refractivity contribution in [2.45, 2.75) is 26.7 Å². The lowest BCUT2D eigenvalue weighted by Crippen LogP contribution is -2.20. The van der Waals surface area contributed by atoms with Gasteiger partial charge in [0.15, 0.2) is 0 Å². The number of para-hydroxylation sites is 2. The molecule has 122 valence electrons. The Morgan fingerprint density at radius 1 is 0.917 bits per heavy atom. The van der Waals surface area contributed by atoms with Crippen LogP contribution in [0.25, 0.3) is 0 Å². The highest BCUT2D eigenvalue weighted by Crippen LogP contribution is 2.38. The summed E-state index contributed by atoms with van der Waals surface area (Å²) in [6.07, 6.45) is 8.40. The van der Waals surface area contributed by atoms with Crippen molar-refractivity contribution in [3.05, 3.63) is 84.1 Å². The zero-order valence-corrected chi connectivity index (χ0v) is 14.4. The van der Waals surface area contributed by atoms with Gasteiger partial charge in [0.1, 0.15) is 0 Å². The quantitative estimate of drug-likeness (QED) is 0.674. The highest BCUT2D eigenvalue weighted by Gasteiger charge is 2.25. The Hall–Kier alpha value is -2.61. The van der Waals surface area contributed by atoms with Crippen molar-refractivity contribution in [2.75, 3.05) is 5.32 Å². The fraction of sp³-hybridized carbons (Fsp3) is 0.227. The Morgan fingerprint density at radius 2 is 1.58 bits per heavy atom. The smallest absolute Gasteiger partial charge is 0.0629 e. The average Bonchev–Trinajstić information content (AvgIpc) is 2.55. The van der Waals surface area contributed by atoms with Gasteiger partial charge < -0.3 is 5.32 Å². The zero-order chi connectivity index (χ0) is 16.8. The van der Waals surface area contributed by atoms with Gasteiger partial charge in [-0.05, 0) is 60.2 Å². The van der Waals surface area contributed by atoms with Crippen LogP contribution in [0.15, 0.2) is 89.1 Å². The molecule has 0 unspecified atom stereocenters. The number of nitrogens with one attached hydrogen (secondary N) is 1. The number of hydrogen-bond acceptors (Lipinski definition) is 2. The van der Waals surface area contributed by atoms with Gasteiger partial charge >= 0.3 is 0 Å². The predicted molar refractivity (Wildman–Crippen MR) is 104 cm³/mol. The molecule has 0 aromatic heterocycles. The van der Waals surface area contributed by atoms with E-state index in [4.69, 9.17) is 0 Å². The van der Waals surface area contributed by atoms with Gasteiger partial charge in [0.2, 0.25) is 0 Å². The molecule has 1 N–H and O–H groups in total. The fourth-order valence-corrected chi connectivity index (χ4v) is 3.08. The van der Waals surface area contributed by atoms with E-state index < -0.39 is 0 Å². The Labute approximate surface area is 144 Å². The second kappa shape index (κ2) is 7.31. The molecule has 0 saturated heterocycles. The van der Waals surface area contributed by atoms with Crippen LogP contribution in [0.1, 0.15) is 26.7 Å². The van der Waals surface area contributed by atoms with E-state index in [-0.39, 0.29) is 5.41 Å². The van der Waals surface area contributed by atoms with Crippen LogP contribution in [0.2, 0.25) is 0 Å². The van der Waals surface area contributed by atoms with E-state index in [0.29, 0.717) is 0 Å². The third-order valence-corrected chi connectivity index (χ3v) is 4.06. The number of rotatable bonds is 4. The van der Waals surface area contributed by atoms with Gasteiger partial charge in [-0.25, -0.2) is 0 Å². The van der Waals surface area contributed by atoms with Gasteiger partial charge in [0, 0.05) is 17.6 Å². The molecule has 1 aliphatic rings. The van der Waals surface area contributed by atoms with E-state index in [2.05, 4.69) is 60.6 Å². The Morgan fingerprint density at radius 3 is 2.29 bits per heavy atom. The molecular formula is C22H24N2. The maximum Gasteiger partial charge on any atom is 0.0629 e. The van der Waals surface area contributed by atoms with E-state index in [1.807, 2.05) is 42.6 Å². The third-order valence-electron chi connectivity index (χ3n) is 4.06. The molecule has 2 heteroatoms. The first kappa shape index (κ1) is 16.3. The molecule has 24 heavy (non-hydrogen) atoms. The van der Waals surface area contributed by atoms with Crippen LogP contribution < -0.4 is 5.32 Å². The van der Waals surface area contributed by atoms with Crippen LogP contribution in [0.3, 0.4) is 0 Å². The molecule has 2 nitrogen and oxygen atoms in total. The van der Waals surface area contributed by atoms with Gasteiger partial charge in [0.05, 0.1) is 5.69 Å². The number of allylic oxidation sites excluding steroid dienone is 4. The largest absolute Gasteiger partial charge is 0.359 e. The molecule has 1 aliphatic carbocycles. The summed E-state index contributed by atoms with van der Waals surface area (Å²) in [7, 11) is 0. The number of aliphatic imine (C=N–C) groups is 1. The molecule has 0 amide bonds. The first-order chi connectivity index (χ1) is 11.6. The van der Waals surface area contributed by atoms with E-state index in [1.54, 1.807) is 0 Å². The molecule has 0 radical (unpaired) electrons. The molecule has 0 fully saturated rings. The van der Waals surface area contributed by atoms with E-state index in [1.165, 1.54) is 11.3 Å². The molecule has 0 saturated carbocycles. The second-order valence-corrected chi connectivity index (χ2v) is 7.03. The van der Waals surface area contributed by atoms with Crippen LogP contribution in [0.5, 0.6) is 0 Å². The average molecular weight is 316 g/mol. The minimum atomic E-state index is 0.248. The van der Waals surface area contributed by atoms with Crippen LogP contribution in [0.4, 0.5) is 11.4 Å². The summed E-state index contributed by atoms with van der Waals surface area (Å²) >= 11 is 0. The second-order valence-electron chi connectivity index (χ2n) is 7.03. The molecule has 0 atom stereocenters. The van der Waals surface area contributed by atoms with Gasteiger partial charge in [0.25, 0.3) is 0 Å². The Balaban J connectivity index is 1.77. The van der Waals surface area contributed by atoms with Crippen molar-refractivity contribution in [1.82, 2.24) is 0 Å². The lowest BCUT2D eigenvalue weighted by molar-refractivity contribution is 0.353. The Bertz CT molecular complexity index is 753. The van der Waals surface area contributed by atoms with Crippen molar-refractivity contribution in [3.63, 3.8) is 0 Å². The molecule has 2 aromatic carbocycles. The molecular weight excluding hydrogens is 292 g/mol. The topological polar surface area (TPSA) is 24.4 Å². The van der Waals surface area contributed by atoms with Crippen molar-refractivity contribution >= 4 is 17.6 Å². The summed E-state index contributed by atoms with van der Waals surface area (Å²) in [5.41, 5.74) is 4.94. The lowest BCUT2D eigenvalue weighted by atomic mass is 9.77. The zero-order valence-electron chi connectivity index (χ0n) is 14.4. The maximum atomic E-state index is 4.51. The Kier molecular flexibility index (Phi) is 4.95. The highest BCUT2D eigenvalue weighted by atomic mass is 14.9.